The predicted molar refractivity (Wildman–Crippen MR) is 109 cm³/mol. The van der Waals surface area contributed by atoms with E-state index in [9.17, 15) is 9.59 Å². The van der Waals surface area contributed by atoms with E-state index in [1.807, 2.05) is 26.0 Å². The van der Waals surface area contributed by atoms with Crippen molar-refractivity contribution in [3.63, 3.8) is 0 Å². The quantitative estimate of drug-likeness (QED) is 0.758. The molecule has 1 aromatic carbocycles. The van der Waals surface area contributed by atoms with Crippen LogP contribution in [0.15, 0.2) is 33.5 Å². The highest BCUT2D eigenvalue weighted by Crippen LogP contribution is 2.49. The largest absolute Gasteiger partial charge is 0.484 e. The Kier molecular flexibility index (Phi) is 5.17. The van der Waals surface area contributed by atoms with Crippen LogP contribution in [0.3, 0.4) is 0 Å². The summed E-state index contributed by atoms with van der Waals surface area (Å²) in [4.78, 5) is 24.2. The molecule has 150 valence electrons. The molecule has 1 N–H and O–H groups in total. The summed E-state index contributed by atoms with van der Waals surface area (Å²) in [6.45, 7) is 6.16. The Balaban J connectivity index is 1.38. The van der Waals surface area contributed by atoms with Gasteiger partial charge in [-0.05, 0) is 67.6 Å². The van der Waals surface area contributed by atoms with E-state index in [4.69, 9.17) is 9.15 Å². The second-order valence-corrected chi connectivity index (χ2v) is 8.82. The molecule has 4 rings (SSSR count). The van der Waals surface area contributed by atoms with E-state index in [1.54, 1.807) is 6.07 Å². The van der Waals surface area contributed by atoms with E-state index in [2.05, 4.69) is 12.2 Å². The number of carbonyl (C=O) groups is 1. The number of carbonyl (C=O) groups excluding carboxylic acids is 1. The zero-order chi connectivity index (χ0) is 19.8. The fraction of sp³-hybridized carbons (Fsp3) is 0.565. The second-order valence-electron chi connectivity index (χ2n) is 8.82. The van der Waals surface area contributed by atoms with Gasteiger partial charge in [0.2, 0.25) is 0 Å². The highest BCUT2D eigenvalue weighted by molar-refractivity contribution is 5.82. The number of amides is 1. The Bertz CT molecular complexity index is 932. The van der Waals surface area contributed by atoms with Crippen LogP contribution < -0.4 is 15.7 Å². The molecule has 0 spiro atoms. The molecule has 2 aliphatic carbocycles. The van der Waals surface area contributed by atoms with Crippen molar-refractivity contribution in [2.45, 2.75) is 58.4 Å². The minimum absolute atomic E-state index is 0.0369. The fourth-order valence-corrected chi connectivity index (χ4v) is 5.19. The van der Waals surface area contributed by atoms with Gasteiger partial charge in [-0.15, -0.1) is 0 Å². The van der Waals surface area contributed by atoms with Crippen LogP contribution in [0, 0.1) is 17.8 Å². The molecular weight excluding hydrogens is 354 g/mol. The van der Waals surface area contributed by atoms with Gasteiger partial charge in [-0.2, -0.15) is 0 Å². The van der Waals surface area contributed by atoms with E-state index < -0.39 is 0 Å². The third kappa shape index (κ3) is 3.80. The van der Waals surface area contributed by atoms with Crippen LogP contribution in [0.25, 0.3) is 11.0 Å². The van der Waals surface area contributed by atoms with Gasteiger partial charge >= 0.3 is 5.63 Å². The molecule has 5 nitrogen and oxygen atoms in total. The van der Waals surface area contributed by atoms with Crippen LogP contribution in [-0.2, 0) is 4.79 Å². The van der Waals surface area contributed by atoms with E-state index in [0.717, 1.165) is 22.8 Å². The van der Waals surface area contributed by atoms with E-state index in [0.29, 0.717) is 17.3 Å². The Morgan fingerprint density at radius 1 is 1.21 bits per heavy atom. The zero-order valence-electron chi connectivity index (χ0n) is 16.9. The molecule has 2 aromatic rings. The van der Waals surface area contributed by atoms with Crippen LogP contribution in [0.5, 0.6) is 5.75 Å². The van der Waals surface area contributed by atoms with E-state index >= 15 is 0 Å². The fourth-order valence-electron chi connectivity index (χ4n) is 5.19. The molecule has 4 atom stereocenters. The van der Waals surface area contributed by atoms with Crippen molar-refractivity contribution < 1.29 is 13.9 Å². The van der Waals surface area contributed by atoms with Crippen LogP contribution >= 0.6 is 0 Å². The van der Waals surface area contributed by atoms with Gasteiger partial charge in [-0.1, -0.05) is 20.3 Å². The van der Waals surface area contributed by atoms with E-state index in [-0.39, 0.29) is 30.1 Å². The Labute approximate surface area is 165 Å². The van der Waals surface area contributed by atoms with Crippen molar-refractivity contribution in [3.05, 3.63) is 40.2 Å². The van der Waals surface area contributed by atoms with Crippen molar-refractivity contribution >= 4 is 16.9 Å². The van der Waals surface area contributed by atoms with Crippen LogP contribution in [0.2, 0.25) is 0 Å². The van der Waals surface area contributed by atoms with Crippen LogP contribution in [0.1, 0.15) is 57.9 Å². The lowest BCUT2D eigenvalue weighted by atomic mass is 9.84. The third-order valence-electron chi connectivity index (χ3n) is 6.56. The average Bonchev–Trinajstić information content (AvgIpc) is 3.28. The minimum atomic E-state index is -0.370. The molecule has 1 heterocycles. The molecule has 1 amide bonds. The van der Waals surface area contributed by atoms with E-state index in [1.165, 1.54) is 31.7 Å². The van der Waals surface area contributed by atoms with Crippen LogP contribution in [0.4, 0.5) is 0 Å². The third-order valence-corrected chi connectivity index (χ3v) is 6.56. The van der Waals surface area contributed by atoms with Gasteiger partial charge in [0.1, 0.15) is 11.3 Å². The topological polar surface area (TPSA) is 68.5 Å². The number of rotatable bonds is 6. The number of fused-ring (bicyclic) bond motifs is 3. The number of hydrogen-bond donors (Lipinski definition) is 1. The van der Waals surface area contributed by atoms with Gasteiger partial charge in [0.15, 0.2) is 6.61 Å². The first-order chi connectivity index (χ1) is 13.4. The first kappa shape index (κ1) is 19.0. The van der Waals surface area contributed by atoms with Crippen molar-refractivity contribution in [2.75, 3.05) is 6.61 Å². The highest BCUT2D eigenvalue weighted by atomic mass is 16.5. The molecule has 2 aliphatic rings. The molecule has 0 saturated heterocycles. The maximum Gasteiger partial charge on any atom is 0.336 e. The number of ether oxygens (including phenoxy) is 1. The number of nitrogens with one attached hydrogen (secondary N) is 1. The maximum absolute atomic E-state index is 12.3. The van der Waals surface area contributed by atoms with Crippen molar-refractivity contribution in [2.24, 2.45) is 17.8 Å². The summed E-state index contributed by atoms with van der Waals surface area (Å²) in [5.41, 5.74) is 1.07. The van der Waals surface area contributed by atoms with Gasteiger partial charge in [0.25, 0.3) is 5.91 Å². The summed E-state index contributed by atoms with van der Waals surface area (Å²) in [7, 11) is 0. The molecule has 2 fully saturated rings. The molecule has 0 aliphatic heterocycles. The van der Waals surface area contributed by atoms with Crippen LogP contribution in [-0.4, -0.2) is 18.6 Å². The van der Waals surface area contributed by atoms with Gasteiger partial charge in [-0.3, -0.25) is 4.79 Å². The first-order valence-corrected chi connectivity index (χ1v) is 10.4. The lowest BCUT2D eigenvalue weighted by molar-refractivity contribution is -0.124. The minimum Gasteiger partial charge on any atom is -0.484 e. The molecule has 0 radical (unpaired) electrons. The lowest BCUT2D eigenvalue weighted by Crippen LogP contribution is -2.42. The summed E-state index contributed by atoms with van der Waals surface area (Å²) in [6.07, 6.45) is 5.26. The Hall–Kier alpha value is -2.30. The predicted octanol–water partition coefficient (Wildman–Crippen LogP) is 4.24. The van der Waals surface area contributed by atoms with Crippen molar-refractivity contribution in [3.8, 4) is 5.75 Å². The van der Waals surface area contributed by atoms with Gasteiger partial charge in [-0.25, -0.2) is 4.79 Å². The summed E-state index contributed by atoms with van der Waals surface area (Å²) in [5, 5.41) is 4.01. The maximum atomic E-state index is 12.3. The lowest BCUT2D eigenvalue weighted by Gasteiger charge is -2.28. The molecule has 4 unspecified atom stereocenters. The summed E-state index contributed by atoms with van der Waals surface area (Å²) in [6, 6.07) is 7.13. The first-order valence-electron chi connectivity index (χ1n) is 10.4. The summed E-state index contributed by atoms with van der Waals surface area (Å²) >= 11 is 0. The zero-order valence-corrected chi connectivity index (χ0v) is 16.9. The number of hydrogen-bond acceptors (Lipinski definition) is 4. The molecule has 2 bridgehead atoms. The van der Waals surface area contributed by atoms with Gasteiger partial charge < -0.3 is 14.5 Å². The van der Waals surface area contributed by atoms with Gasteiger partial charge in [0, 0.05) is 23.6 Å². The highest BCUT2D eigenvalue weighted by Gasteiger charge is 2.42. The molecule has 28 heavy (non-hydrogen) atoms. The molecule has 2 saturated carbocycles. The smallest absolute Gasteiger partial charge is 0.336 e. The normalized spacial score (nSPS) is 24.6. The average molecular weight is 383 g/mol. The Morgan fingerprint density at radius 3 is 2.71 bits per heavy atom. The summed E-state index contributed by atoms with van der Waals surface area (Å²) < 4.78 is 11.0. The van der Waals surface area contributed by atoms with Gasteiger partial charge in [0.05, 0.1) is 0 Å². The monoisotopic (exact) mass is 383 g/mol. The molecular formula is C23H29NO4. The van der Waals surface area contributed by atoms with Crippen molar-refractivity contribution in [1.29, 1.82) is 0 Å². The number of benzene rings is 1. The molecule has 1 aromatic heterocycles. The Morgan fingerprint density at radius 2 is 2.04 bits per heavy atom. The molecule has 5 heteroatoms. The SMILES string of the molecule is CC(C)c1cc(=O)oc2cc(OCC(=O)NC(C)C3CC4CCC3C4)ccc12. The summed E-state index contributed by atoms with van der Waals surface area (Å²) in [5.74, 6) is 2.89. The van der Waals surface area contributed by atoms with Crippen molar-refractivity contribution in [1.82, 2.24) is 5.32 Å². The standard InChI is InChI=1S/C23H29NO4/c1-13(2)19-11-23(26)28-21-10-17(6-7-18(19)21)27-12-22(25)24-14(3)20-9-15-4-5-16(20)8-15/h6-7,10-11,13-16,20H,4-5,8-9,12H2,1-3H3,(H,24,25). The second kappa shape index (κ2) is 7.61.